The molecular weight excluding hydrogens is 326 g/mol. The van der Waals surface area contributed by atoms with Crippen LogP contribution in [0.3, 0.4) is 0 Å². The molecule has 0 spiro atoms. The molecule has 6 heteroatoms. The van der Waals surface area contributed by atoms with Gasteiger partial charge < -0.3 is 19.9 Å². The van der Waals surface area contributed by atoms with Crippen molar-refractivity contribution in [3.05, 3.63) is 45.6 Å². The average Bonchev–Trinajstić information content (AvgIpc) is 2.98. The summed E-state index contributed by atoms with van der Waals surface area (Å²) in [6, 6.07) is 8.09. The summed E-state index contributed by atoms with van der Waals surface area (Å²) in [7, 11) is 0. The summed E-state index contributed by atoms with van der Waals surface area (Å²) in [6.45, 7) is 4.87. The van der Waals surface area contributed by atoms with E-state index in [-0.39, 0.29) is 32.2 Å². The first-order chi connectivity index (χ1) is 11.6. The number of thiophene rings is 1. The van der Waals surface area contributed by atoms with Gasteiger partial charge in [-0.05, 0) is 42.5 Å². The predicted molar refractivity (Wildman–Crippen MR) is 96.1 cm³/mol. The molecule has 0 saturated heterocycles. The molecule has 2 rings (SSSR count). The van der Waals surface area contributed by atoms with E-state index >= 15 is 0 Å². The van der Waals surface area contributed by atoms with Gasteiger partial charge in [0.25, 0.3) is 0 Å². The van der Waals surface area contributed by atoms with Gasteiger partial charge in [0.1, 0.15) is 6.61 Å². The Labute approximate surface area is 146 Å². The molecule has 0 amide bonds. The highest BCUT2D eigenvalue weighted by atomic mass is 32.1. The molecule has 1 aromatic carbocycles. The van der Waals surface area contributed by atoms with Crippen LogP contribution in [0.2, 0.25) is 0 Å². The summed E-state index contributed by atoms with van der Waals surface area (Å²) in [5.74, 6) is -0.283. The lowest BCUT2D eigenvalue weighted by Gasteiger charge is -2.12. The van der Waals surface area contributed by atoms with E-state index in [1.165, 1.54) is 22.5 Å². The van der Waals surface area contributed by atoms with Crippen molar-refractivity contribution in [3.8, 4) is 0 Å². The Balaban J connectivity index is 1.90. The zero-order valence-electron chi connectivity index (χ0n) is 14.0. The number of ether oxygens (including phenoxy) is 2. The van der Waals surface area contributed by atoms with Gasteiger partial charge in [0.15, 0.2) is 0 Å². The number of carbonyl (C=O) groups is 1. The first-order valence-electron chi connectivity index (χ1n) is 7.85. The largest absolute Gasteiger partial charge is 0.463 e. The molecule has 5 nitrogen and oxygen atoms in total. The van der Waals surface area contributed by atoms with Crippen LogP contribution in [0, 0.1) is 13.8 Å². The molecule has 0 unspecified atom stereocenters. The lowest BCUT2D eigenvalue weighted by Crippen LogP contribution is -2.13. The van der Waals surface area contributed by atoms with Gasteiger partial charge in [-0.3, -0.25) is 4.79 Å². The second kappa shape index (κ2) is 9.42. The van der Waals surface area contributed by atoms with Crippen LogP contribution < -0.4 is 5.32 Å². The van der Waals surface area contributed by atoms with Crippen molar-refractivity contribution >= 4 is 28.7 Å². The quantitative estimate of drug-likeness (QED) is 0.537. The third kappa shape index (κ3) is 5.33. The Kier molecular flexibility index (Phi) is 7.24. The number of aliphatic hydroxyl groups is 1. The fourth-order valence-corrected chi connectivity index (χ4v) is 3.00. The zero-order chi connectivity index (χ0) is 17.4. The Morgan fingerprint density at radius 3 is 2.79 bits per heavy atom. The summed E-state index contributed by atoms with van der Waals surface area (Å²) < 4.78 is 10.2. The third-order valence-corrected chi connectivity index (χ3v) is 4.57. The van der Waals surface area contributed by atoms with Gasteiger partial charge in [-0.15, -0.1) is 11.3 Å². The summed E-state index contributed by atoms with van der Waals surface area (Å²) in [5, 5.41) is 14.0. The fourth-order valence-electron chi connectivity index (χ4n) is 2.18. The van der Waals surface area contributed by atoms with Crippen LogP contribution in [-0.2, 0) is 20.7 Å². The van der Waals surface area contributed by atoms with Gasteiger partial charge in [0.05, 0.1) is 31.9 Å². The lowest BCUT2D eigenvalue weighted by molar-refractivity contribution is -0.144. The summed E-state index contributed by atoms with van der Waals surface area (Å²) >= 11 is 1.53. The van der Waals surface area contributed by atoms with E-state index in [2.05, 4.69) is 25.2 Å². The minimum absolute atomic E-state index is 0.0312. The average molecular weight is 349 g/mol. The number of rotatable bonds is 9. The number of aryl methyl sites for hydroxylation is 1. The van der Waals surface area contributed by atoms with Crippen LogP contribution in [-0.4, -0.2) is 37.5 Å². The Bertz CT molecular complexity index is 669. The molecule has 0 aliphatic heterocycles. The van der Waals surface area contributed by atoms with Crippen LogP contribution >= 0.6 is 11.3 Å². The zero-order valence-corrected chi connectivity index (χ0v) is 14.8. The van der Waals surface area contributed by atoms with Gasteiger partial charge in [-0.2, -0.15) is 0 Å². The van der Waals surface area contributed by atoms with Gasteiger partial charge in [0, 0.05) is 10.6 Å². The third-order valence-electron chi connectivity index (χ3n) is 3.65. The van der Waals surface area contributed by atoms with Crippen molar-refractivity contribution in [2.75, 3.05) is 31.7 Å². The summed E-state index contributed by atoms with van der Waals surface area (Å²) in [6.07, 6.45) is 0.227. The molecule has 0 bridgehead atoms. The molecule has 0 radical (unpaired) electrons. The maximum Gasteiger partial charge on any atom is 0.311 e. The molecule has 0 fully saturated rings. The number of carbonyl (C=O) groups excluding carboxylic acids is 1. The lowest BCUT2D eigenvalue weighted by atomic mass is 10.1. The van der Waals surface area contributed by atoms with Crippen molar-refractivity contribution in [1.29, 1.82) is 0 Å². The van der Waals surface area contributed by atoms with Crippen molar-refractivity contribution in [2.24, 2.45) is 0 Å². The molecule has 0 aliphatic carbocycles. The number of anilines is 2. The van der Waals surface area contributed by atoms with Gasteiger partial charge in [0.2, 0.25) is 0 Å². The molecule has 130 valence electrons. The smallest absolute Gasteiger partial charge is 0.311 e. The number of nitrogens with one attached hydrogen (secondary N) is 1. The van der Waals surface area contributed by atoms with Crippen LogP contribution in [0.5, 0.6) is 0 Å². The SMILES string of the molecule is Cc1cccc(Nc2ccsc2CC(=O)OCCOCCO)c1C. The van der Waals surface area contributed by atoms with Gasteiger partial charge >= 0.3 is 5.97 Å². The van der Waals surface area contributed by atoms with E-state index in [0.717, 1.165) is 16.3 Å². The topological polar surface area (TPSA) is 67.8 Å². The number of hydrogen-bond acceptors (Lipinski definition) is 6. The Hall–Kier alpha value is -1.89. The second-order valence-corrected chi connectivity index (χ2v) is 6.36. The molecule has 2 aromatic rings. The first kappa shape index (κ1) is 18.4. The van der Waals surface area contributed by atoms with E-state index in [4.69, 9.17) is 14.6 Å². The van der Waals surface area contributed by atoms with E-state index in [1.54, 1.807) is 0 Å². The molecule has 0 aliphatic rings. The van der Waals surface area contributed by atoms with Gasteiger partial charge in [-0.1, -0.05) is 12.1 Å². The van der Waals surface area contributed by atoms with Crippen molar-refractivity contribution in [3.63, 3.8) is 0 Å². The Morgan fingerprint density at radius 1 is 1.17 bits per heavy atom. The second-order valence-electron chi connectivity index (χ2n) is 5.36. The molecule has 0 saturated carbocycles. The highest BCUT2D eigenvalue weighted by Crippen LogP contribution is 2.29. The maximum atomic E-state index is 11.9. The number of hydrogen-bond donors (Lipinski definition) is 2. The molecule has 2 N–H and O–H groups in total. The monoisotopic (exact) mass is 349 g/mol. The number of esters is 1. The van der Waals surface area contributed by atoms with E-state index in [9.17, 15) is 4.79 Å². The van der Waals surface area contributed by atoms with Crippen molar-refractivity contribution in [1.82, 2.24) is 0 Å². The van der Waals surface area contributed by atoms with Crippen molar-refractivity contribution < 1.29 is 19.4 Å². The first-order valence-corrected chi connectivity index (χ1v) is 8.73. The molecule has 1 heterocycles. The maximum absolute atomic E-state index is 11.9. The van der Waals surface area contributed by atoms with E-state index < -0.39 is 0 Å². The highest BCUT2D eigenvalue weighted by molar-refractivity contribution is 7.10. The fraction of sp³-hybridized carbons (Fsp3) is 0.389. The van der Waals surface area contributed by atoms with E-state index in [1.807, 2.05) is 23.6 Å². The molecule has 24 heavy (non-hydrogen) atoms. The minimum Gasteiger partial charge on any atom is -0.463 e. The minimum atomic E-state index is -0.283. The predicted octanol–water partition coefficient (Wildman–Crippen LogP) is 3.20. The van der Waals surface area contributed by atoms with Crippen LogP contribution in [0.4, 0.5) is 11.4 Å². The van der Waals surface area contributed by atoms with E-state index in [0.29, 0.717) is 6.61 Å². The standard InChI is InChI=1S/C18H23NO4S/c1-13-4-3-5-15(14(13)2)19-16-6-11-24-17(16)12-18(21)23-10-9-22-8-7-20/h3-6,11,19-20H,7-10,12H2,1-2H3. The molecule has 0 atom stereocenters. The number of aliphatic hydroxyl groups excluding tert-OH is 1. The highest BCUT2D eigenvalue weighted by Gasteiger charge is 2.12. The summed E-state index contributed by atoms with van der Waals surface area (Å²) in [5.41, 5.74) is 4.39. The van der Waals surface area contributed by atoms with Crippen LogP contribution in [0.1, 0.15) is 16.0 Å². The normalized spacial score (nSPS) is 10.6. The molecular formula is C18H23NO4S. The van der Waals surface area contributed by atoms with Crippen LogP contribution in [0.15, 0.2) is 29.6 Å². The van der Waals surface area contributed by atoms with Crippen LogP contribution in [0.25, 0.3) is 0 Å². The molecule has 1 aromatic heterocycles. The van der Waals surface area contributed by atoms with Crippen molar-refractivity contribution in [2.45, 2.75) is 20.3 Å². The Morgan fingerprint density at radius 2 is 2.00 bits per heavy atom. The summed E-state index contributed by atoms with van der Waals surface area (Å²) in [4.78, 5) is 12.9. The van der Waals surface area contributed by atoms with Gasteiger partial charge in [-0.25, -0.2) is 0 Å². The number of benzene rings is 1.